The van der Waals surface area contributed by atoms with Crippen molar-refractivity contribution in [1.82, 2.24) is 0 Å². The van der Waals surface area contributed by atoms with Crippen LogP contribution in [-0.4, -0.2) is 40.5 Å². The van der Waals surface area contributed by atoms with E-state index in [1.807, 2.05) is 60.7 Å². The van der Waals surface area contributed by atoms with E-state index in [9.17, 15) is 24.9 Å². The molecular weight excluding hydrogens is 424 g/mol. The van der Waals surface area contributed by atoms with Crippen LogP contribution in [0.4, 0.5) is 0 Å². The lowest BCUT2D eigenvalue weighted by Gasteiger charge is -2.17. The van der Waals surface area contributed by atoms with Crippen molar-refractivity contribution in [2.75, 3.05) is 13.2 Å². The van der Waals surface area contributed by atoms with E-state index in [2.05, 4.69) is 0 Å². The molecule has 0 aromatic heterocycles. The second-order valence-electron chi connectivity index (χ2n) is 7.50. The third kappa shape index (κ3) is 6.74. The van der Waals surface area contributed by atoms with Crippen molar-refractivity contribution < 1.29 is 34.4 Å². The molecule has 0 aliphatic heterocycles. The second-order valence-corrected chi connectivity index (χ2v) is 7.50. The van der Waals surface area contributed by atoms with Gasteiger partial charge in [-0.25, -0.2) is 0 Å². The van der Waals surface area contributed by atoms with E-state index < -0.39 is 35.1 Å². The number of carbonyl (C=O) groups is 2. The lowest BCUT2D eigenvalue weighted by Crippen LogP contribution is -2.31. The topological polar surface area (TPSA) is 113 Å². The van der Waals surface area contributed by atoms with E-state index in [1.54, 1.807) is 0 Å². The SMILES string of the molecule is O=C(OCCc1ccccc1)C(Cc1ccc(O)c(O)c1O)C(=O)OCCc1ccccc1. The van der Waals surface area contributed by atoms with E-state index in [-0.39, 0.29) is 25.2 Å². The Morgan fingerprint density at radius 2 is 1.15 bits per heavy atom. The lowest BCUT2D eigenvalue weighted by molar-refractivity contribution is -0.162. The summed E-state index contributed by atoms with van der Waals surface area (Å²) >= 11 is 0. The van der Waals surface area contributed by atoms with Crippen molar-refractivity contribution in [3.63, 3.8) is 0 Å². The van der Waals surface area contributed by atoms with Crippen molar-refractivity contribution in [3.05, 3.63) is 89.5 Å². The molecule has 0 radical (unpaired) electrons. The standard InChI is InChI=1S/C26H26O7/c27-22-12-11-20(23(28)24(22)29)17-21(25(30)32-15-13-18-7-3-1-4-8-18)26(31)33-16-14-19-9-5-2-6-10-19/h1-12,21,27-29H,13-17H2. The highest BCUT2D eigenvalue weighted by atomic mass is 16.6. The van der Waals surface area contributed by atoms with Gasteiger partial charge in [0.1, 0.15) is 0 Å². The van der Waals surface area contributed by atoms with Gasteiger partial charge in [0, 0.05) is 19.3 Å². The fraction of sp³-hybridized carbons (Fsp3) is 0.231. The fourth-order valence-corrected chi connectivity index (χ4v) is 3.29. The zero-order chi connectivity index (χ0) is 23.6. The summed E-state index contributed by atoms with van der Waals surface area (Å²) < 4.78 is 10.7. The minimum absolute atomic E-state index is 0.0729. The maximum Gasteiger partial charge on any atom is 0.320 e. The second kappa shape index (κ2) is 11.6. The molecule has 0 saturated heterocycles. The summed E-state index contributed by atoms with van der Waals surface area (Å²) in [4.78, 5) is 25.5. The van der Waals surface area contributed by atoms with Crippen molar-refractivity contribution in [2.45, 2.75) is 19.3 Å². The summed E-state index contributed by atoms with van der Waals surface area (Å²) in [5, 5.41) is 29.4. The van der Waals surface area contributed by atoms with Gasteiger partial charge < -0.3 is 24.8 Å². The Morgan fingerprint density at radius 3 is 1.64 bits per heavy atom. The van der Waals surface area contributed by atoms with Crippen LogP contribution in [0.25, 0.3) is 0 Å². The lowest BCUT2D eigenvalue weighted by atomic mass is 9.98. The molecule has 0 heterocycles. The highest BCUT2D eigenvalue weighted by Gasteiger charge is 2.31. The van der Waals surface area contributed by atoms with Crippen LogP contribution in [0, 0.1) is 5.92 Å². The number of aromatic hydroxyl groups is 3. The predicted octanol–water partition coefficient (Wildman–Crippen LogP) is 3.53. The van der Waals surface area contributed by atoms with Gasteiger partial charge in [0.05, 0.1) is 13.2 Å². The molecular formula is C26H26O7. The average molecular weight is 450 g/mol. The molecule has 3 aromatic carbocycles. The van der Waals surface area contributed by atoms with E-state index >= 15 is 0 Å². The number of esters is 2. The Bertz CT molecular complexity index is 1010. The van der Waals surface area contributed by atoms with Crippen LogP contribution < -0.4 is 0 Å². The number of rotatable bonds is 10. The third-order valence-electron chi connectivity index (χ3n) is 5.16. The third-order valence-corrected chi connectivity index (χ3v) is 5.16. The Balaban J connectivity index is 1.67. The first-order chi connectivity index (χ1) is 16.0. The number of benzene rings is 3. The van der Waals surface area contributed by atoms with Gasteiger partial charge in [-0.1, -0.05) is 66.7 Å². The van der Waals surface area contributed by atoms with E-state index in [0.717, 1.165) is 11.1 Å². The van der Waals surface area contributed by atoms with Crippen molar-refractivity contribution in [1.29, 1.82) is 0 Å². The minimum atomic E-state index is -1.34. The minimum Gasteiger partial charge on any atom is -0.504 e. The van der Waals surface area contributed by atoms with Gasteiger partial charge in [-0.3, -0.25) is 9.59 Å². The summed E-state index contributed by atoms with van der Waals surface area (Å²) in [5.74, 6) is -4.75. The van der Waals surface area contributed by atoms with Crippen molar-refractivity contribution >= 4 is 11.9 Å². The molecule has 0 atom stereocenters. The molecule has 7 nitrogen and oxygen atoms in total. The molecule has 7 heteroatoms. The van der Waals surface area contributed by atoms with Crippen LogP contribution in [0.5, 0.6) is 17.2 Å². The van der Waals surface area contributed by atoms with Crippen LogP contribution in [0.15, 0.2) is 72.8 Å². The number of phenolic OH excluding ortho intramolecular Hbond substituents is 3. The van der Waals surface area contributed by atoms with Gasteiger partial charge in [-0.2, -0.15) is 0 Å². The monoisotopic (exact) mass is 450 g/mol. The molecule has 33 heavy (non-hydrogen) atoms. The van der Waals surface area contributed by atoms with E-state index in [4.69, 9.17) is 9.47 Å². The molecule has 0 amide bonds. The summed E-state index contributed by atoms with van der Waals surface area (Å²) in [6.07, 6.45) is 0.704. The molecule has 172 valence electrons. The van der Waals surface area contributed by atoms with Crippen LogP contribution in [-0.2, 0) is 38.3 Å². The number of hydrogen-bond acceptors (Lipinski definition) is 7. The Morgan fingerprint density at radius 1 is 0.667 bits per heavy atom. The fourth-order valence-electron chi connectivity index (χ4n) is 3.29. The van der Waals surface area contributed by atoms with Crippen LogP contribution in [0.2, 0.25) is 0 Å². The number of carbonyl (C=O) groups excluding carboxylic acids is 2. The average Bonchev–Trinajstić information content (AvgIpc) is 2.83. The van der Waals surface area contributed by atoms with Gasteiger partial charge in [0.2, 0.25) is 5.75 Å². The number of phenols is 3. The van der Waals surface area contributed by atoms with Gasteiger partial charge in [0.25, 0.3) is 0 Å². The predicted molar refractivity (Wildman–Crippen MR) is 121 cm³/mol. The summed E-state index contributed by atoms with van der Waals surface area (Å²) in [5.41, 5.74) is 2.07. The Hall–Kier alpha value is -4.00. The highest BCUT2D eigenvalue weighted by molar-refractivity contribution is 5.95. The summed E-state index contributed by atoms with van der Waals surface area (Å²) in [6.45, 7) is 0.146. The van der Waals surface area contributed by atoms with Crippen LogP contribution in [0.1, 0.15) is 16.7 Å². The highest BCUT2D eigenvalue weighted by Crippen LogP contribution is 2.38. The molecule has 0 bridgehead atoms. The van der Waals surface area contributed by atoms with Crippen molar-refractivity contribution in [2.24, 2.45) is 5.92 Å². The normalized spacial score (nSPS) is 10.7. The molecule has 0 aliphatic carbocycles. The van der Waals surface area contributed by atoms with Crippen molar-refractivity contribution in [3.8, 4) is 17.2 Å². The maximum absolute atomic E-state index is 12.8. The molecule has 3 rings (SSSR count). The number of hydrogen-bond donors (Lipinski definition) is 3. The zero-order valence-corrected chi connectivity index (χ0v) is 18.0. The first-order valence-electron chi connectivity index (χ1n) is 10.6. The van der Waals surface area contributed by atoms with Gasteiger partial charge in [0.15, 0.2) is 17.4 Å². The first kappa shape index (κ1) is 23.7. The van der Waals surface area contributed by atoms with Crippen LogP contribution >= 0.6 is 0 Å². The largest absolute Gasteiger partial charge is 0.504 e. The van der Waals surface area contributed by atoms with E-state index in [1.165, 1.54) is 12.1 Å². The zero-order valence-electron chi connectivity index (χ0n) is 18.0. The van der Waals surface area contributed by atoms with Gasteiger partial charge in [-0.15, -0.1) is 0 Å². The molecule has 0 unspecified atom stereocenters. The smallest absolute Gasteiger partial charge is 0.320 e. The Kier molecular flexibility index (Phi) is 8.30. The molecule has 0 aliphatic rings. The van der Waals surface area contributed by atoms with Gasteiger partial charge in [-0.05, 0) is 22.8 Å². The molecule has 0 fully saturated rings. The van der Waals surface area contributed by atoms with Gasteiger partial charge >= 0.3 is 11.9 Å². The molecule has 3 aromatic rings. The summed E-state index contributed by atoms with van der Waals surface area (Å²) in [6, 6.07) is 21.4. The Labute approximate surface area is 191 Å². The van der Waals surface area contributed by atoms with E-state index in [0.29, 0.717) is 12.8 Å². The van der Waals surface area contributed by atoms with Crippen LogP contribution in [0.3, 0.4) is 0 Å². The molecule has 0 saturated carbocycles. The quantitative estimate of drug-likeness (QED) is 0.246. The first-order valence-corrected chi connectivity index (χ1v) is 10.6. The summed E-state index contributed by atoms with van der Waals surface area (Å²) in [7, 11) is 0. The number of ether oxygens (including phenoxy) is 2. The maximum atomic E-state index is 12.8. The molecule has 0 spiro atoms. The molecule has 3 N–H and O–H groups in total.